The number of nitrogens with zero attached hydrogens (tertiary/aromatic N) is 1. The summed E-state index contributed by atoms with van der Waals surface area (Å²) in [5, 5.41) is 2.94. The van der Waals surface area contributed by atoms with Crippen molar-refractivity contribution in [1.82, 2.24) is 5.32 Å². The molecule has 2 rings (SSSR count). The minimum absolute atomic E-state index is 0.107. The molecule has 156 valence electrons. The average molecular weight is 411 g/mol. The molecular weight excluding hydrogens is 380 g/mol. The van der Waals surface area contributed by atoms with Crippen molar-refractivity contribution < 1.29 is 22.7 Å². The molecule has 8 heteroatoms. The predicted octanol–water partition coefficient (Wildman–Crippen LogP) is 2.53. The van der Waals surface area contributed by atoms with Crippen LogP contribution >= 0.6 is 0 Å². The summed E-state index contributed by atoms with van der Waals surface area (Å²) in [6.45, 7) is 2.79. The highest BCUT2D eigenvalue weighted by Crippen LogP contribution is 2.22. The Morgan fingerprint density at radius 2 is 1.79 bits per heavy atom. The second-order valence-electron chi connectivity index (χ2n) is 7.39. The van der Waals surface area contributed by atoms with Gasteiger partial charge in [0.2, 0.25) is 10.0 Å². The Morgan fingerprint density at radius 3 is 2.36 bits per heavy atom. The number of anilines is 1. The number of hydrogen-bond acceptors (Lipinski definition) is 5. The van der Waals surface area contributed by atoms with Gasteiger partial charge in [0, 0.05) is 6.04 Å². The van der Waals surface area contributed by atoms with Crippen LogP contribution in [-0.2, 0) is 24.3 Å². The van der Waals surface area contributed by atoms with E-state index >= 15 is 0 Å². The molecule has 0 aromatic heterocycles. The van der Waals surface area contributed by atoms with E-state index in [9.17, 15) is 18.0 Å². The van der Waals surface area contributed by atoms with Crippen LogP contribution in [0, 0.1) is 6.92 Å². The highest BCUT2D eigenvalue weighted by Gasteiger charge is 2.26. The van der Waals surface area contributed by atoms with Crippen molar-refractivity contribution in [2.75, 3.05) is 17.1 Å². The van der Waals surface area contributed by atoms with Crippen molar-refractivity contribution in [2.24, 2.45) is 0 Å². The highest BCUT2D eigenvalue weighted by atomic mass is 32.2. The second-order valence-corrected chi connectivity index (χ2v) is 9.29. The standard InChI is InChI=1S/C20H30N2O5S/c1-15-10-8-9-13-18(15)22(28(3,25)26)14-19(23)27-16(2)20(24)21-17-11-6-4-5-7-12-17/h8-10,13,16-17H,4-7,11-12,14H2,1-3H3,(H,21,24)/t16-/m1/s1. The molecule has 1 atom stereocenters. The van der Waals surface area contributed by atoms with Crippen LogP contribution in [0.15, 0.2) is 24.3 Å². The number of carbonyl (C=O) groups is 2. The molecule has 1 aromatic rings. The molecule has 1 saturated carbocycles. The SMILES string of the molecule is Cc1ccccc1N(CC(=O)O[C@H](C)C(=O)NC1CCCCCC1)S(C)(=O)=O. The van der Waals surface area contributed by atoms with Gasteiger partial charge in [-0.25, -0.2) is 8.42 Å². The van der Waals surface area contributed by atoms with Gasteiger partial charge in [0.15, 0.2) is 6.10 Å². The minimum atomic E-state index is -3.69. The van der Waals surface area contributed by atoms with Crippen LogP contribution < -0.4 is 9.62 Å². The highest BCUT2D eigenvalue weighted by molar-refractivity contribution is 7.92. The van der Waals surface area contributed by atoms with Gasteiger partial charge < -0.3 is 10.1 Å². The average Bonchev–Trinajstić information content (AvgIpc) is 2.88. The monoisotopic (exact) mass is 410 g/mol. The van der Waals surface area contributed by atoms with Crippen molar-refractivity contribution in [1.29, 1.82) is 0 Å². The number of nitrogens with one attached hydrogen (secondary N) is 1. The van der Waals surface area contributed by atoms with Crippen molar-refractivity contribution in [3.8, 4) is 0 Å². The van der Waals surface area contributed by atoms with Gasteiger partial charge in [-0.2, -0.15) is 0 Å². The number of amides is 1. The lowest BCUT2D eigenvalue weighted by molar-refractivity contribution is -0.153. The molecule has 1 N–H and O–H groups in total. The molecule has 28 heavy (non-hydrogen) atoms. The fraction of sp³-hybridized carbons (Fsp3) is 0.600. The molecule has 0 bridgehead atoms. The normalized spacial score (nSPS) is 16.7. The van der Waals surface area contributed by atoms with E-state index in [1.165, 1.54) is 19.8 Å². The van der Waals surface area contributed by atoms with Crippen molar-refractivity contribution in [3.63, 3.8) is 0 Å². The molecule has 0 radical (unpaired) electrons. The predicted molar refractivity (Wildman–Crippen MR) is 109 cm³/mol. The zero-order valence-corrected chi connectivity index (χ0v) is 17.6. The van der Waals surface area contributed by atoms with Crippen LogP contribution in [0.1, 0.15) is 51.0 Å². The number of esters is 1. The van der Waals surface area contributed by atoms with Gasteiger partial charge in [0.05, 0.1) is 11.9 Å². The number of hydrogen-bond donors (Lipinski definition) is 1. The largest absolute Gasteiger partial charge is 0.451 e. The molecular formula is C20H30N2O5S. The van der Waals surface area contributed by atoms with Gasteiger partial charge in [-0.15, -0.1) is 0 Å². The summed E-state index contributed by atoms with van der Waals surface area (Å²) in [4.78, 5) is 24.7. The van der Waals surface area contributed by atoms with Crippen molar-refractivity contribution >= 4 is 27.6 Å². The van der Waals surface area contributed by atoms with E-state index in [1.807, 2.05) is 0 Å². The molecule has 0 spiro atoms. The fourth-order valence-electron chi connectivity index (χ4n) is 3.37. The van der Waals surface area contributed by atoms with Crippen LogP contribution in [0.5, 0.6) is 0 Å². The number of ether oxygens (including phenoxy) is 1. The van der Waals surface area contributed by atoms with E-state index in [1.54, 1.807) is 31.2 Å². The van der Waals surface area contributed by atoms with Gasteiger partial charge in [0.25, 0.3) is 5.91 Å². The Kier molecular flexibility index (Phi) is 7.86. The Bertz CT molecular complexity index is 786. The zero-order valence-electron chi connectivity index (χ0n) is 16.8. The van der Waals surface area contributed by atoms with Crippen molar-refractivity contribution in [2.45, 2.75) is 64.5 Å². The summed E-state index contributed by atoms with van der Waals surface area (Å²) >= 11 is 0. The smallest absolute Gasteiger partial charge is 0.327 e. The third-order valence-corrected chi connectivity index (χ3v) is 6.06. The van der Waals surface area contributed by atoms with E-state index in [4.69, 9.17) is 4.74 Å². The van der Waals surface area contributed by atoms with Crippen LogP contribution in [0.2, 0.25) is 0 Å². The maximum absolute atomic E-state index is 12.3. The summed E-state index contributed by atoms with van der Waals surface area (Å²) in [6, 6.07) is 7.00. The minimum Gasteiger partial charge on any atom is -0.451 e. The molecule has 1 amide bonds. The van der Waals surface area contributed by atoms with Crippen LogP contribution in [0.25, 0.3) is 0 Å². The summed E-state index contributed by atoms with van der Waals surface area (Å²) in [5.74, 6) is -1.11. The number of sulfonamides is 1. The lowest BCUT2D eigenvalue weighted by Gasteiger charge is -2.24. The molecule has 7 nitrogen and oxygen atoms in total. The Balaban J connectivity index is 1.98. The first-order valence-corrected chi connectivity index (χ1v) is 11.6. The first-order chi connectivity index (χ1) is 13.2. The topological polar surface area (TPSA) is 92.8 Å². The number of rotatable bonds is 7. The molecule has 1 fully saturated rings. The number of aryl methyl sites for hydroxylation is 1. The number of para-hydroxylation sites is 1. The Morgan fingerprint density at radius 1 is 1.18 bits per heavy atom. The van der Waals surface area contributed by atoms with Gasteiger partial charge in [-0.3, -0.25) is 13.9 Å². The third kappa shape index (κ3) is 6.51. The van der Waals surface area contributed by atoms with E-state index in [0.29, 0.717) is 5.69 Å². The van der Waals surface area contributed by atoms with E-state index in [-0.39, 0.29) is 11.9 Å². The lowest BCUT2D eigenvalue weighted by atomic mass is 10.1. The first-order valence-electron chi connectivity index (χ1n) is 9.71. The third-order valence-electron chi connectivity index (χ3n) is 4.94. The quantitative estimate of drug-likeness (QED) is 0.551. The van der Waals surface area contributed by atoms with Gasteiger partial charge in [-0.05, 0) is 38.3 Å². The molecule has 1 aromatic carbocycles. The summed E-state index contributed by atoms with van der Waals surface area (Å²) < 4.78 is 30.6. The Hall–Kier alpha value is -2.09. The number of carbonyl (C=O) groups excluding carboxylic acids is 2. The molecule has 0 heterocycles. The fourth-order valence-corrected chi connectivity index (χ4v) is 4.27. The maximum atomic E-state index is 12.3. The summed E-state index contributed by atoms with van der Waals surface area (Å²) in [5.41, 5.74) is 1.14. The van der Waals surface area contributed by atoms with Crippen LogP contribution in [0.4, 0.5) is 5.69 Å². The van der Waals surface area contributed by atoms with Crippen molar-refractivity contribution in [3.05, 3.63) is 29.8 Å². The maximum Gasteiger partial charge on any atom is 0.327 e. The van der Waals surface area contributed by atoms with E-state index in [0.717, 1.165) is 41.8 Å². The van der Waals surface area contributed by atoms with Gasteiger partial charge in [0.1, 0.15) is 6.54 Å². The summed E-state index contributed by atoms with van der Waals surface area (Å²) in [7, 11) is -3.69. The molecule has 0 saturated heterocycles. The van der Waals surface area contributed by atoms with Crippen LogP contribution in [0.3, 0.4) is 0 Å². The molecule has 0 unspecified atom stereocenters. The van der Waals surface area contributed by atoms with E-state index < -0.39 is 28.6 Å². The number of benzene rings is 1. The molecule has 1 aliphatic carbocycles. The lowest BCUT2D eigenvalue weighted by Crippen LogP contribution is -2.43. The van der Waals surface area contributed by atoms with Gasteiger partial charge >= 0.3 is 5.97 Å². The Labute approximate surface area is 167 Å². The first kappa shape index (κ1) is 22.2. The van der Waals surface area contributed by atoms with Gasteiger partial charge in [-0.1, -0.05) is 43.9 Å². The second kappa shape index (κ2) is 9.91. The molecule has 0 aliphatic heterocycles. The molecule has 1 aliphatic rings. The van der Waals surface area contributed by atoms with Crippen LogP contribution in [-0.4, -0.2) is 45.2 Å². The summed E-state index contributed by atoms with van der Waals surface area (Å²) in [6.07, 6.45) is 6.44. The zero-order chi connectivity index (χ0) is 20.7. The van der Waals surface area contributed by atoms with E-state index in [2.05, 4.69) is 5.32 Å².